The summed E-state index contributed by atoms with van der Waals surface area (Å²) in [5.74, 6) is 1.33. The van der Waals surface area contributed by atoms with E-state index in [9.17, 15) is 0 Å². The van der Waals surface area contributed by atoms with Crippen LogP contribution in [0.4, 0.5) is 11.6 Å². The van der Waals surface area contributed by atoms with E-state index in [0.29, 0.717) is 0 Å². The second kappa shape index (κ2) is 11.2. The van der Waals surface area contributed by atoms with Crippen LogP contribution < -0.4 is 4.90 Å². The lowest BCUT2D eigenvalue weighted by atomic mass is 9.69. The van der Waals surface area contributed by atoms with Crippen molar-refractivity contribution in [1.29, 1.82) is 0 Å². The van der Waals surface area contributed by atoms with Gasteiger partial charge in [0.2, 0.25) is 5.95 Å². The molecule has 3 aliphatic rings. The molecular weight excluding hydrogens is 623 g/mol. The Morgan fingerprint density at radius 3 is 2.25 bits per heavy atom. The van der Waals surface area contributed by atoms with E-state index in [1.165, 1.54) is 55.1 Å². The van der Waals surface area contributed by atoms with Gasteiger partial charge in [0, 0.05) is 58.9 Å². The number of benzene rings is 5. The van der Waals surface area contributed by atoms with Gasteiger partial charge in [0.05, 0.1) is 11.2 Å². The summed E-state index contributed by atoms with van der Waals surface area (Å²) >= 11 is 0. The maximum atomic E-state index is 5.52. The molecule has 1 fully saturated rings. The molecule has 3 unspecified atom stereocenters. The fourth-order valence-electron chi connectivity index (χ4n) is 9.53. The van der Waals surface area contributed by atoms with Gasteiger partial charge in [-0.25, -0.2) is 9.97 Å². The average molecular weight is 656 g/mol. The van der Waals surface area contributed by atoms with Crippen LogP contribution in [0.15, 0.2) is 146 Å². The third-order valence-electron chi connectivity index (χ3n) is 11.5. The van der Waals surface area contributed by atoms with Crippen LogP contribution in [0, 0.1) is 5.92 Å². The van der Waals surface area contributed by atoms with Gasteiger partial charge in [-0.2, -0.15) is 0 Å². The van der Waals surface area contributed by atoms with E-state index in [1.807, 2.05) is 18.6 Å². The molecule has 2 aliphatic carbocycles. The van der Waals surface area contributed by atoms with Crippen molar-refractivity contribution >= 4 is 55.2 Å². The predicted octanol–water partition coefficient (Wildman–Crippen LogP) is 10.8. The molecule has 3 atom stereocenters. The summed E-state index contributed by atoms with van der Waals surface area (Å²) in [6.45, 7) is 0. The minimum atomic E-state index is 0.211. The minimum absolute atomic E-state index is 0.211. The second-order valence-electron chi connectivity index (χ2n) is 14.1. The van der Waals surface area contributed by atoms with E-state index in [0.717, 1.165) is 52.9 Å². The summed E-state index contributed by atoms with van der Waals surface area (Å²) in [7, 11) is 0. The number of hydrogen-bond acceptors (Lipinski definition) is 5. The third-order valence-corrected chi connectivity index (χ3v) is 11.5. The average Bonchev–Trinajstić information content (AvgIpc) is 3.48. The normalized spacial score (nSPS) is 19.2. The highest BCUT2D eigenvalue weighted by Gasteiger charge is 2.50. The Hall–Kier alpha value is -6.20. The van der Waals surface area contributed by atoms with Gasteiger partial charge in [-0.05, 0) is 98.5 Å². The lowest BCUT2D eigenvalue weighted by Crippen LogP contribution is -2.37. The first-order chi connectivity index (χ1) is 25.3. The van der Waals surface area contributed by atoms with E-state index < -0.39 is 0 Å². The van der Waals surface area contributed by atoms with Gasteiger partial charge >= 0.3 is 0 Å². The van der Waals surface area contributed by atoms with Crippen molar-refractivity contribution in [2.24, 2.45) is 5.92 Å². The number of rotatable bonds is 4. The molecule has 5 nitrogen and oxygen atoms in total. The van der Waals surface area contributed by atoms with Crippen LogP contribution in [-0.2, 0) is 0 Å². The highest BCUT2D eigenvalue weighted by molar-refractivity contribution is 6.11. The van der Waals surface area contributed by atoms with Gasteiger partial charge in [-0.1, -0.05) is 97.4 Å². The molecule has 0 bridgehead atoms. The van der Waals surface area contributed by atoms with Crippen LogP contribution in [0.2, 0.25) is 0 Å². The minimum Gasteiger partial charge on any atom is -0.307 e. The molecule has 8 aromatic rings. The molecule has 4 heterocycles. The lowest BCUT2D eigenvalue weighted by molar-refractivity contribution is 0.341. The summed E-state index contributed by atoms with van der Waals surface area (Å²) in [6, 6.07) is 44.0. The predicted molar refractivity (Wildman–Crippen MR) is 207 cm³/mol. The number of aromatic nitrogens is 4. The van der Waals surface area contributed by atoms with Gasteiger partial charge < -0.3 is 4.90 Å². The molecule has 51 heavy (non-hydrogen) atoms. The molecule has 1 aliphatic heterocycles. The quantitative estimate of drug-likeness (QED) is 0.189. The monoisotopic (exact) mass is 655 g/mol. The third kappa shape index (κ3) is 4.27. The molecule has 0 amide bonds. The molecule has 0 radical (unpaired) electrons. The molecule has 0 N–H and O–H groups in total. The van der Waals surface area contributed by atoms with Crippen LogP contribution in [0.5, 0.6) is 0 Å². The Bertz CT molecular complexity index is 2700. The molecule has 5 aromatic carbocycles. The smallest absolute Gasteiger partial charge is 0.231 e. The first kappa shape index (κ1) is 28.6. The summed E-state index contributed by atoms with van der Waals surface area (Å²) in [4.78, 5) is 22.7. The summed E-state index contributed by atoms with van der Waals surface area (Å²) < 4.78 is 0. The SMILES string of the molecule is c1cncc(C2=C(c3cccnc3)C3CCCC4C3c3c(ccc5cccc2c35)N4c2nc(-c3ccc4ccccc4c3)c3ccccc3n2)c1. The van der Waals surface area contributed by atoms with Gasteiger partial charge in [-0.3, -0.25) is 9.97 Å². The zero-order valence-electron chi connectivity index (χ0n) is 27.9. The number of allylic oxidation sites excluding steroid dienone is 1. The van der Waals surface area contributed by atoms with Crippen molar-refractivity contribution in [2.45, 2.75) is 31.2 Å². The van der Waals surface area contributed by atoms with Crippen LogP contribution in [0.25, 0.3) is 54.9 Å². The van der Waals surface area contributed by atoms with Crippen LogP contribution >= 0.6 is 0 Å². The van der Waals surface area contributed by atoms with Gasteiger partial charge in [0.15, 0.2) is 0 Å². The van der Waals surface area contributed by atoms with E-state index in [-0.39, 0.29) is 17.9 Å². The summed E-state index contributed by atoms with van der Waals surface area (Å²) in [5, 5.41) is 6.11. The fraction of sp³-hybridized carbons (Fsp3) is 0.130. The van der Waals surface area contributed by atoms with Crippen molar-refractivity contribution in [1.82, 2.24) is 19.9 Å². The Morgan fingerprint density at radius 2 is 1.39 bits per heavy atom. The Labute approximate surface area is 296 Å². The number of fused-ring (bicyclic) bond motifs is 2. The molecule has 0 saturated heterocycles. The summed E-state index contributed by atoms with van der Waals surface area (Å²) in [5.41, 5.74) is 12.0. The molecule has 3 aromatic heterocycles. The Kier molecular flexibility index (Phi) is 6.26. The van der Waals surface area contributed by atoms with Crippen LogP contribution in [0.1, 0.15) is 47.4 Å². The molecular formula is C46H33N5. The Morgan fingerprint density at radius 1 is 0.608 bits per heavy atom. The number of hydrogen-bond donors (Lipinski definition) is 0. The molecule has 5 heteroatoms. The van der Waals surface area contributed by atoms with E-state index in [4.69, 9.17) is 9.97 Å². The topological polar surface area (TPSA) is 54.8 Å². The highest BCUT2D eigenvalue weighted by Crippen LogP contribution is 2.61. The Balaban J connectivity index is 1.19. The zero-order chi connectivity index (χ0) is 33.5. The van der Waals surface area contributed by atoms with E-state index in [1.54, 1.807) is 0 Å². The number of para-hydroxylation sites is 1. The van der Waals surface area contributed by atoms with Crippen molar-refractivity contribution in [3.8, 4) is 11.3 Å². The van der Waals surface area contributed by atoms with Crippen molar-refractivity contribution < 1.29 is 0 Å². The van der Waals surface area contributed by atoms with Crippen molar-refractivity contribution in [3.63, 3.8) is 0 Å². The number of anilines is 2. The van der Waals surface area contributed by atoms with E-state index in [2.05, 4.69) is 142 Å². The maximum absolute atomic E-state index is 5.52. The standard InChI is InChI=1S/C46H33N5/c1-2-10-30-25-31(20-19-28(30)9-1)45-34-14-3-4-17-37(34)49-46(50-45)51-38-18-6-16-36-42(33-13-8-24-48-27-33)41(32-12-7-23-47-26-32)35-15-5-11-29-21-22-39(51)44(40(29)35)43(36)38/h1-5,7-15,17,19-27,36,38,43H,6,16,18H2. The molecule has 1 saturated carbocycles. The first-order valence-corrected chi connectivity index (χ1v) is 18.0. The largest absolute Gasteiger partial charge is 0.307 e. The maximum Gasteiger partial charge on any atom is 0.231 e. The molecule has 0 spiro atoms. The highest BCUT2D eigenvalue weighted by atomic mass is 15.3. The molecule has 242 valence electrons. The zero-order valence-corrected chi connectivity index (χ0v) is 27.9. The van der Waals surface area contributed by atoms with Crippen LogP contribution in [0.3, 0.4) is 0 Å². The van der Waals surface area contributed by atoms with Gasteiger partial charge in [-0.15, -0.1) is 0 Å². The number of nitrogens with zero attached hydrogens (tertiary/aromatic N) is 5. The van der Waals surface area contributed by atoms with Crippen molar-refractivity contribution in [3.05, 3.63) is 168 Å². The summed E-state index contributed by atoms with van der Waals surface area (Å²) in [6.07, 6.45) is 11.1. The molecule has 11 rings (SSSR count). The fourth-order valence-corrected chi connectivity index (χ4v) is 9.53. The lowest BCUT2D eigenvalue weighted by Gasteiger charge is -2.39. The second-order valence-corrected chi connectivity index (χ2v) is 14.1. The first-order valence-electron chi connectivity index (χ1n) is 18.0. The van der Waals surface area contributed by atoms with Crippen molar-refractivity contribution in [2.75, 3.05) is 4.90 Å². The van der Waals surface area contributed by atoms with Crippen LogP contribution in [-0.4, -0.2) is 26.0 Å². The number of pyridine rings is 2. The van der Waals surface area contributed by atoms with Gasteiger partial charge in [0.25, 0.3) is 0 Å². The van der Waals surface area contributed by atoms with Gasteiger partial charge in [0.1, 0.15) is 0 Å². The van der Waals surface area contributed by atoms with E-state index >= 15 is 0 Å².